The van der Waals surface area contributed by atoms with Crippen molar-refractivity contribution in [1.29, 1.82) is 0 Å². The monoisotopic (exact) mass is 400 g/mol. The van der Waals surface area contributed by atoms with Gasteiger partial charge in [0.25, 0.3) is 11.8 Å². The van der Waals surface area contributed by atoms with Crippen LogP contribution in [0.25, 0.3) is 0 Å². The van der Waals surface area contributed by atoms with Crippen molar-refractivity contribution < 1.29 is 14.0 Å². The van der Waals surface area contributed by atoms with Crippen molar-refractivity contribution in [3.05, 3.63) is 52.4 Å². The summed E-state index contributed by atoms with van der Waals surface area (Å²) in [6, 6.07) is 6.81. The number of fused-ring (bicyclic) bond motifs is 1. The van der Waals surface area contributed by atoms with E-state index in [1.165, 1.54) is 11.1 Å². The van der Waals surface area contributed by atoms with Crippen molar-refractivity contribution in [1.82, 2.24) is 14.9 Å². The standard InChI is InChI=1S/C20H18ClFN4O2/c21-20-24-13-14(17(25-20)23-11-6-10-22)7-2-1-5-12-26-18(27)15-8-3-4-9-16(15)19(26)28/h3-4,8-9,13H,1,5-6,10-12H2,(H,23,24,25). The van der Waals surface area contributed by atoms with E-state index in [1.54, 1.807) is 24.3 Å². The molecule has 1 aromatic heterocycles. The van der Waals surface area contributed by atoms with Gasteiger partial charge in [0.05, 0.1) is 23.4 Å². The molecule has 3 rings (SSSR count). The van der Waals surface area contributed by atoms with Gasteiger partial charge in [-0.25, -0.2) is 4.98 Å². The molecule has 2 aromatic rings. The predicted octanol–water partition coefficient (Wildman–Crippen LogP) is 3.33. The smallest absolute Gasteiger partial charge is 0.261 e. The second-order valence-electron chi connectivity index (χ2n) is 6.08. The zero-order valence-electron chi connectivity index (χ0n) is 15.0. The second-order valence-corrected chi connectivity index (χ2v) is 6.42. The Labute approximate surface area is 167 Å². The molecular weight excluding hydrogens is 383 g/mol. The number of hydrogen-bond acceptors (Lipinski definition) is 5. The van der Waals surface area contributed by atoms with Crippen molar-refractivity contribution in [3.63, 3.8) is 0 Å². The highest BCUT2D eigenvalue weighted by Gasteiger charge is 2.34. The molecule has 0 saturated heterocycles. The van der Waals surface area contributed by atoms with E-state index in [1.807, 2.05) is 0 Å². The number of anilines is 1. The quantitative estimate of drug-likeness (QED) is 0.334. The highest BCUT2D eigenvalue weighted by Crippen LogP contribution is 2.22. The Morgan fingerprint density at radius 3 is 2.54 bits per heavy atom. The van der Waals surface area contributed by atoms with Crippen LogP contribution in [-0.4, -0.2) is 46.4 Å². The molecule has 0 saturated carbocycles. The summed E-state index contributed by atoms with van der Waals surface area (Å²) < 4.78 is 12.3. The molecular formula is C20H18ClFN4O2. The molecule has 2 amide bonds. The first kappa shape index (κ1) is 19.8. The lowest BCUT2D eigenvalue weighted by Crippen LogP contribution is -2.30. The maximum Gasteiger partial charge on any atom is 0.261 e. The Kier molecular flexibility index (Phi) is 6.56. The summed E-state index contributed by atoms with van der Waals surface area (Å²) in [7, 11) is 0. The molecule has 1 aliphatic rings. The number of hydrogen-bond donors (Lipinski definition) is 1. The average Bonchev–Trinajstić information content (AvgIpc) is 2.94. The Bertz CT molecular complexity index is 920. The van der Waals surface area contributed by atoms with Crippen LogP contribution in [0, 0.1) is 11.8 Å². The molecule has 0 fully saturated rings. The van der Waals surface area contributed by atoms with Crippen molar-refractivity contribution >= 4 is 29.2 Å². The molecule has 28 heavy (non-hydrogen) atoms. The summed E-state index contributed by atoms with van der Waals surface area (Å²) in [5.74, 6) is 5.87. The first-order valence-electron chi connectivity index (χ1n) is 8.88. The minimum atomic E-state index is -0.426. The molecule has 0 aliphatic carbocycles. The number of aromatic nitrogens is 2. The summed E-state index contributed by atoms with van der Waals surface area (Å²) in [6.45, 7) is 0.294. The second kappa shape index (κ2) is 9.29. The normalized spacial score (nSPS) is 12.6. The topological polar surface area (TPSA) is 75.2 Å². The summed E-state index contributed by atoms with van der Waals surface area (Å²) in [4.78, 5) is 33.8. The van der Waals surface area contributed by atoms with Gasteiger partial charge in [0, 0.05) is 25.7 Å². The number of amides is 2. The van der Waals surface area contributed by atoms with Crippen LogP contribution in [0.4, 0.5) is 10.2 Å². The lowest BCUT2D eigenvalue weighted by Gasteiger charge is -2.12. The summed E-state index contributed by atoms with van der Waals surface area (Å²) in [5, 5.41) is 3.07. The summed E-state index contributed by atoms with van der Waals surface area (Å²) in [5.41, 5.74) is 1.45. The lowest BCUT2D eigenvalue weighted by atomic mass is 10.1. The van der Waals surface area contributed by atoms with Gasteiger partial charge in [0.2, 0.25) is 5.28 Å². The zero-order valence-corrected chi connectivity index (χ0v) is 15.8. The number of carbonyl (C=O) groups excluding carboxylic acids is 2. The largest absolute Gasteiger partial charge is 0.369 e. The van der Waals surface area contributed by atoms with Gasteiger partial charge >= 0.3 is 0 Å². The number of unbranched alkanes of at least 4 members (excludes halogenated alkanes) is 1. The number of imide groups is 1. The van der Waals surface area contributed by atoms with E-state index >= 15 is 0 Å². The van der Waals surface area contributed by atoms with Crippen LogP contribution in [0.5, 0.6) is 0 Å². The van der Waals surface area contributed by atoms with Gasteiger partial charge in [0.1, 0.15) is 5.82 Å². The number of nitrogens with zero attached hydrogens (tertiary/aromatic N) is 3. The minimum absolute atomic E-state index is 0.0823. The van der Waals surface area contributed by atoms with Crippen LogP contribution in [0.15, 0.2) is 30.5 Å². The van der Waals surface area contributed by atoms with E-state index in [-0.39, 0.29) is 17.1 Å². The number of carbonyl (C=O) groups is 2. The molecule has 0 bridgehead atoms. The highest BCUT2D eigenvalue weighted by molar-refractivity contribution is 6.28. The molecule has 0 radical (unpaired) electrons. The molecule has 2 heterocycles. The van der Waals surface area contributed by atoms with E-state index < -0.39 is 6.67 Å². The van der Waals surface area contributed by atoms with E-state index in [2.05, 4.69) is 27.1 Å². The van der Waals surface area contributed by atoms with Gasteiger partial charge in [-0.15, -0.1) is 0 Å². The van der Waals surface area contributed by atoms with Crippen LogP contribution >= 0.6 is 11.6 Å². The Balaban J connectivity index is 1.56. The molecule has 144 valence electrons. The number of alkyl halides is 1. The SMILES string of the molecule is O=C1c2ccccc2C(=O)N1CCCC#Cc1cnc(Cl)nc1NCCCF. The van der Waals surface area contributed by atoms with Crippen molar-refractivity contribution in [2.75, 3.05) is 25.1 Å². The van der Waals surface area contributed by atoms with Crippen LogP contribution in [0.1, 0.15) is 45.5 Å². The first-order chi connectivity index (χ1) is 13.6. The fraction of sp³-hybridized carbons (Fsp3) is 0.300. The fourth-order valence-electron chi connectivity index (χ4n) is 2.79. The van der Waals surface area contributed by atoms with E-state index in [4.69, 9.17) is 11.6 Å². The van der Waals surface area contributed by atoms with Crippen LogP contribution in [-0.2, 0) is 0 Å². The highest BCUT2D eigenvalue weighted by atomic mass is 35.5. The summed E-state index contributed by atoms with van der Waals surface area (Å²) >= 11 is 5.80. The predicted molar refractivity (Wildman–Crippen MR) is 104 cm³/mol. The third kappa shape index (κ3) is 4.46. The van der Waals surface area contributed by atoms with Crippen LogP contribution in [0.2, 0.25) is 5.28 Å². The van der Waals surface area contributed by atoms with Crippen molar-refractivity contribution in [3.8, 4) is 11.8 Å². The Hall–Kier alpha value is -2.98. The molecule has 1 aromatic carbocycles. The number of benzene rings is 1. The fourth-order valence-corrected chi connectivity index (χ4v) is 2.92. The van der Waals surface area contributed by atoms with Crippen LogP contribution in [0.3, 0.4) is 0 Å². The van der Waals surface area contributed by atoms with E-state index in [9.17, 15) is 14.0 Å². The van der Waals surface area contributed by atoms with Crippen LogP contribution < -0.4 is 5.32 Å². The molecule has 8 heteroatoms. The number of halogens is 2. The van der Waals surface area contributed by atoms with E-state index in [0.29, 0.717) is 54.9 Å². The molecule has 0 unspecified atom stereocenters. The van der Waals surface area contributed by atoms with Gasteiger partial charge in [0.15, 0.2) is 0 Å². The molecule has 0 spiro atoms. The Morgan fingerprint density at radius 1 is 1.14 bits per heavy atom. The molecule has 0 atom stereocenters. The van der Waals surface area contributed by atoms with Gasteiger partial charge in [-0.05, 0) is 36.6 Å². The van der Waals surface area contributed by atoms with Gasteiger partial charge < -0.3 is 5.32 Å². The van der Waals surface area contributed by atoms with Gasteiger partial charge in [-0.2, -0.15) is 4.98 Å². The third-order valence-corrected chi connectivity index (χ3v) is 4.33. The number of rotatable bonds is 7. The van der Waals surface area contributed by atoms with Gasteiger partial charge in [-0.1, -0.05) is 24.0 Å². The van der Waals surface area contributed by atoms with Crippen molar-refractivity contribution in [2.24, 2.45) is 0 Å². The summed E-state index contributed by atoms with van der Waals surface area (Å²) in [6.07, 6.45) is 2.90. The minimum Gasteiger partial charge on any atom is -0.369 e. The maximum absolute atomic E-state index is 12.3. The third-order valence-electron chi connectivity index (χ3n) is 4.15. The molecule has 1 N–H and O–H groups in total. The van der Waals surface area contributed by atoms with Gasteiger partial charge in [-0.3, -0.25) is 18.9 Å². The van der Waals surface area contributed by atoms with E-state index in [0.717, 1.165) is 0 Å². The van der Waals surface area contributed by atoms with Crippen molar-refractivity contribution in [2.45, 2.75) is 19.3 Å². The average molecular weight is 401 g/mol. The Morgan fingerprint density at radius 2 is 1.86 bits per heavy atom. The molecule has 1 aliphatic heterocycles. The lowest BCUT2D eigenvalue weighted by molar-refractivity contribution is 0.0653. The first-order valence-corrected chi connectivity index (χ1v) is 9.26. The maximum atomic E-state index is 12.3. The molecule has 6 nitrogen and oxygen atoms in total. The number of nitrogens with one attached hydrogen (secondary N) is 1. The zero-order chi connectivity index (χ0) is 19.9.